The van der Waals surface area contributed by atoms with Crippen LogP contribution in [-0.4, -0.2) is 11.0 Å². The molecule has 0 heterocycles. The minimum Gasteiger partial charge on any atom is -0.0149 e. The molecule has 0 aromatic heterocycles. The van der Waals surface area contributed by atoms with E-state index in [2.05, 4.69) is 0 Å². The summed E-state index contributed by atoms with van der Waals surface area (Å²) in [6.07, 6.45) is 0. The second kappa shape index (κ2) is 19.3. The van der Waals surface area contributed by atoms with E-state index < -0.39 is 0 Å². The van der Waals surface area contributed by atoms with Gasteiger partial charge in [-0.25, -0.2) is 0 Å². The summed E-state index contributed by atoms with van der Waals surface area (Å²) < 4.78 is 0. The summed E-state index contributed by atoms with van der Waals surface area (Å²) in [6.45, 7) is 0. The van der Waals surface area contributed by atoms with Gasteiger partial charge < -0.3 is 0 Å². The van der Waals surface area contributed by atoms with E-state index in [1.165, 1.54) is 0 Å². The van der Waals surface area contributed by atoms with Crippen molar-refractivity contribution in [3.8, 4) is 0 Å². The van der Waals surface area contributed by atoms with E-state index in [0.29, 0.717) is 0 Å². The van der Waals surface area contributed by atoms with Gasteiger partial charge in [0.15, 0.2) is 0 Å². The van der Waals surface area contributed by atoms with Gasteiger partial charge in [0, 0.05) is 59.5 Å². The molecule has 4 heteroatoms. The van der Waals surface area contributed by atoms with Crippen molar-refractivity contribution < 1.29 is 59.5 Å². The van der Waals surface area contributed by atoms with Crippen LogP contribution < -0.4 is 0 Å². The number of hydrogen-bond donors (Lipinski definition) is 0. The van der Waals surface area contributed by atoms with Crippen LogP contribution in [0.4, 0.5) is 0 Å². The first-order chi connectivity index (χ1) is 0. The van der Waals surface area contributed by atoms with E-state index >= 15 is 0 Å². The summed E-state index contributed by atoms with van der Waals surface area (Å²) in [5.74, 6) is 0. The van der Waals surface area contributed by atoms with Gasteiger partial charge in [0.05, 0.1) is 0 Å². The Morgan fingerprint density at radius 1 is 1.00 bits per heavy atom. The SMILES string of the molecule is [Cr].[Mo].[SiH4].[W]. The maximum atomic E-state index is 0. The molecule has 4 heavy (non-hydrogen) atoms. The maximum Gasteiger partial charge on any atom is 0 e. The molecule has 0 spiro atoms. The van der Waals surface area contributed by atoms with Crippen LogP contribution >= 0.6 is 0 Å². The predicted octanol–water partition coefficient (Wildman–Crippen LogP) is -1.46. The fraction of sp³-hybridized carbons (Fsp3) is 0. The van der Waals surface area contributed by atoms with Crippen molar-refractivity contribution >= 4 is 11.0 Å². The molecule has 0 unspecified atom stereocenters. The molecule has 0 aliphatic heterocycles. The van der Waals surface area contributed by atoms with Gasteiger partial charge in [-0.3, -0.25) is 0 Å². The van der Waals surface area contributed by atoms with Crippen LogP contribution in [0.2, 0.25) is 0 Å². The first-order valence-corrected chi connectivity index (χ1v) is 0. The monoisotopic (exact) mass is 366 g/mol. The van der Waals surface area contributed by atoms with Crippen LogP contribution in [0.3, 0.4) is 0 Å². The largest absolute Gasteiger partial charge is 0.0149 e. The van der Waals surface area contributed by atoms with Crippen LogP contribution in [0.25, 0.3) is 0 Å². The quantitative estimate of drug-likeness (QED) is 0.462. The molecule has 0 aliphatic rings. The summed E-state index contributed by atoms with van der Waals surface area (Å²) in [6, 6.07) is 0. The molecule has 0 aliphatic carbocycles. The first-order valence-electron chi connectivity index (χ1n) is 0. The average Bonchev–Trinajstić information content (AvgIpc) is 0. The van der Waals surface area contributed by atoms with E-state index in [-0.39, 0.29) is 70.5 Å². The molecule has 0 saturated heterocycles. The second-order valence-electron chi connectivity index (χ2n) is 0. The molecule has 0 saturated carbocycles. The van der Waals surface area contributed by atoms with Crippen LogP contribution in [-0.2, 0) is 59.5 Å². The second-order valence-corrected chi connectivity index (χ2v) is 0. The van der Waals surface area contributed by atoms with Crippen molar-refractivity contribution in [2.75, 3.05) is 0 Å². The van der Waals surface area contributed by atoms with Gasteiger partial charge in [-0.05, 0) is 11.0 Å². The molecule has 0 N–H and O–H groups in total. The zero-order valence-electron chi connectivity index (χ0n) is 1.22. The molecular formula is H4CrMoSiW. The Hall–Kier alpha value is 2.13. The van der Waals surface area contributed by atoms with Gasteiger partial charge in [-0.15, -0.1) is 0 Å². The van der Waals surface area contributed by atoms with Crippen LogP contribution in [0.1, 0.15) is 0 Å². The summed E-state index contributed by atoms with van der Waals surface area (Å²) in [7, 11) is 0. The third kappa shape index (κ3) is 8.92. The number of rotatable bonds is 0. The van der Waals surface area contributed by atoms with Gasteiger partial charge >= 0.3 is 0 Å². The minimum atomic E-state index is 0. The standard InChI is InChI=1S/Cr.Mo.H4Si.W/h;;1H4;. The van der Waals surface area contributed by atoms with E-state index in [1.54, 1.807) is 0 Å². The molecule has 0 aromatic carbocycles. The van der Waals surface area contributed by atoms with Crippen molar-refractivity contribution in [1.29, 1.82) is 0 Å². The molecule has 0 amide bonds. The molecule has 0 nitrogen and oxygen atoms in total. The normalized spacial score (nSPS) is 0. The number of hydrogen-bond acceptors (Lipinski definition) is 0. The Kier molecular flexibility index (Phi) is 172. The van der Waals surface area contributed by atoms with Crippen molar-refractivity contribution in [3.63, 3.8) is 0 Å². The van der Waals surface area contributed by atoms with Gasteiger partial charge in [-0.1, -0.05) is 0 Å². The van der Waals surface area contributed by atoms with E-state index in [1.807, 2.05) is 0 Å². The smallest absolute Gasteiger partial charge is 0 e. The van der Waals surface area contributed by atoms with Gasteiger partial charge in [-0.2, -0.15) is 0 Å². The summed E-state index contributed by atoms with van der Waals surface area (Å²) in [5, 5.41) is 0. The molecule has 0 radical (unpaired) electrons. The molecule has 0 aromatic rings. The third-order valence-electron chi connectivity index (χ3n) is 0. The molecule has 0 bridgehead atoms. The van der Waals surface area contributed by atoms with Crippen molar-refractivity contribution in [2.45, 2.75) is 0 Å². The maximum absolute atomic E-state index is 0. The van der Waals surface area contributed by atoms with E-state index in [0.717, 1.165) is 0 Å². The molecule has 0 atom stereocenters. The third-order valence-corrected chi connectivity index (χ3v) is 0. The fourth-order valence-electron chi connectivity index (χ4n) is 0. The predicted molar refractivity (Wildman–Crippen MR) is 11.3 cm³/mol. The van der Waals surface area contributed by atoms with E-state index in [4.69, 9.17) is 0 Å². The Morgan fingerprint density at radius 2 is 1.00 bits per heavy atom. The van der Waals surface area contributed by atoms with Crippen molar-refractivity contribution in [2.24, 2.45) is 0 Å². The zero-order valence-corrected chi connectivity index (χ0v) is 7.44. The Labute approximate surface area is 69.8 Å². The summed E-state index contributed by atoms with van der Waals surface area (Å²) in [4.78, 5) is 0. The van der Waals surface area contributed by atoms with Crippen molar-refractivity contribution in [1.82, 2.24) is 0 Å². The van der Waals surface area contributed by atoms with Crippen molar-refractivity contribution in [3.05, 3.63) is 0 Å². The Morgan fingerprint density at radius 3 is 1.00 bits per heavy atom. The van der Waals surface area contributed by atoms with Crippen LogP contribution in [0.5, 0.6) is 0 Å². The molecule has 0 fully saturated rings. The zero-order chi connectivity index (χ0) is 0. The molecular weight excluding hydrogens is 360 g/mol. The topological polar surface area (TPSA) is 0 Å². The van der Waals surface area contributed by atoms with Gasteiger partial charge in [0.1, 0.15) is 0 Å². The Balaban J connectivity index is 0. The average molecular weight is 364 g/mol. The van der Waals surface area contributed by atoms with Gasteiger partial charge in [0.25, 0.3) is 0 Å². The van der Waals surface area contributed by atoms with Crippen LogP contribution in [0.15, 0.2) is 0 Å². The molecule has 26 valence electrons. The van der Waals surface area contributed by atoms with Crippen LogP contribution in [0, 0.1) is 0 Å². The fourth-order valence-corrected chi connectivity index (χ4v) is 0. The summed E-state index contributed by atoms with van der Waals surface area (Å²) in [5.41, 5.74) is 0. The Bertz CT molecular complexity index is 8.00. The molecule has 0 rings (SSSR count). The first kappa shape index (κ1) is 35.6. The van der Waals surface area contributed by atoms with Gasteiger partial charge in [0.2, 0.25) is 0 Å². The summed E-state index contributed by atoms with van der Waals surface area (Å²) >= 11 is 0. The minimum absolute atomic E-state index is 0. The van der Waals surface area contributed by atoms with E-state index in [9.17, 15) is 0 Å².